The summed E-state index contributed by atoms with van der Waals surface area (Å²) in [5, 5.41) is 3.40. The first kappa shape index (κ1) is 12.4. The van der Waals surface area contributed by atoms with E-state index in [1.807, 2.05) is 6.92 Å². The normalized spacial score (nSPS) is 23.5. The molecule has 1 fully saturated rings. The van der Waals surface area contributed by atoms with Crippen molar-refractivity contribution in [2.45, 2.75) is 39.5 Å². The first-order chi connectivity index (χ1) is 7.09. The second-order valence-electron chi connectivity index (χ2n) is 4.96. The molecule has 1 rings (SSSR count). The fourth-order valence-corrected chi connectivity index (χ4v) is 2.30. The highest BCUT2D eigenvalue weighted by Crippen LogP contribution is 2.23. The molecule has 86 valence electrons. The summed E-state index contributed by atoms with van der Waals surface area (Å²) in [6.45, 7) is 10.1. The Morgan fingerprint density at radius 1 is 1.60 bits per heavy atom. The van der Waals surface area contributed by atoms with E-state index in [0.717, 1.165) is 25.1 Å². The van der Waals surface area contributed by atoms with Crippen molar-refractivity contribution in [2.75, 3.05) is 13.1 Å². The van der Waals surface area contributed by atoms with Gasteiger partial charge in [-0.2, -0.15) is 0 Å². The van der Waals surface area contributed by atoms with Gasteiger partial charge in [-0.15, -0.1) is 0 Å². The van der Waals surface area contributed by atoms with Crippen molar-refractivity contribution in [3.63, 3.8) is 0 Å². The molecule has 0 amide bonds. The van der Waals surface area contributed by atoms with Gasteiger partial charge < -0.3 is 5.32 Å². The third kappa shape index (κ3) is 4.61. The maximum atomic E-state index is 11.6. The minimum Gasteiger partial charge on any atom is -0.316 e. The predicted octanol–water partition coefficient (Wildman–Crippen LogP) is 2.55. The largest absolute Gasteiger partial charge is 0.316 e. The zero-order chi connectivity index (χ0) is 11.3. The van der Waals surface area contributed by atoms with Crippen LogP contribution in [0, 0.1) is 11.8 Å². The van der Waals surface area contributed by atoms with E-state index in [1.54, 1.807) is 0 Å². The quantitative estimate of drug-likeness (QED) is 0.705. The van der Waals surface area contributed by atoms with Crippen LogP contribution in [0.4, 0.5) is 0 Å². The topological polar surface area (TPSA) is 29.1 Å². The summed E-state index contributed by atoms with van der Waals surface area (Å²) < 4.78 is 0. The van der Waals surface area contributed by atoms with E-state index in [4.69, 9.17) is 0 Å². The lowest BCUT2D eigenvalue weighted by Crippen LogP contribution is -2.33. The average Bonchev–Trinajstić information content (AvgIpc) is 2.17. The molecule has 1 N–H and O–H groups in total. The number of rotatable bonds is 5. The summed E-state index contributed by atoms with van der Waals surface area (Å²) in [4.78, 5) is 11.6. The van der Waals surface area contributed by atoms with E-state index in [2.05, 4.69) is 18.8 Å². The van der Waals surface area contributed by atoms with Crippen LogP contribution in [0.15, 0.2) is 12.2 Å². The van der Waals surface area contributed by atoms with E-state index in [1.165, 1.54) is 12.8 Å². The Morgan fingerprint density at radius 3 is 2.87 bits per heavy atom. The van der Waals surface area contributed by atoms with E-state index < -0.39 is 0 Å². The Balaban J connectivity index is 2.30. The number of Topliss-reactive ketones (excluding diaryl/α,β-unsaturated/α-hetero) is 1. The Bertz CT molecular complexity index is 229. The lowest BCUT2D eigenvalue weighted by molar-refractivity contribution is -0.119. The molecule has 0 bridgehead atoms. The molecular formula is C13H23NO. The summed E-state index contributed by atoms with van der Waals surface area (Å²) in [5.41, 5.74) is 0.981. The van der Waals surface area contributed by atoms with Crippen molar-refractivity contribution in [3.05, 3.63) is 12.2 Å². The van der Waals surface area contributed by atoms with Crippen LogP contribution in [-0.2, 0) is 4.79 Å². The standard InChI is InChI=1S/C13H23NO/c1-10(2)7-13(15)8-11(3)12-5-4-6-14-9-12/h11-12,14H,1,4-9H2,2-3H3. The number of nitrogens with one attached hydrogen (secondary N) is 1. The summed E-state index contributed by atoms with van der Waals surface area (Å²) in [6.07, 6.45) is 3.81. The number of ketones is 1. The molecule has 1 aliphatic heterocycles. The minimum absolute atomic E-state index is 0.348. The van der Waals surface area contributed by atoms with Crippen LogP contribution in [0.3, 0.4) is 0 Å². The number of hydrogen-bond acceptors (Lipinski definition) is 2. The van der Waals surface area contributed by atoms with Gasteiger partial charge in [-0.3, -0.25) is 4.79 Å². The smallest absolute Gasteiger partial charge is 0.137 e. The molecule has 1 aliphatic rings. The van der Waals surface area contributed by atoms with Gasteiger partial charge in [0.25, 0.3) is 0 Å². The van der Waals surface area contributed by atoms with E-state index in [0.29, 0.717) is 24.0 Å². The summed E-state index contributed by atoms with van der Waals surface area (Å²) in [5.74, 6) is 1.55. The molecule has 0 aromatic heterocycles. The maximum absolute atomic E-state index is 11.6. The number of piperidine rings is 1. The second-order valence-corrected chi connectivity index (χ2v) is 4.96. The number of carbonyl (C=O) groups is 1. The third-order valence-corrected chi connectivity index (χ3v) is 3.19. The summed E-state index contributed by atoms with van der Waals surface area (Å²) in [7, 11) is 0. The predicted molar refractivity (Wildman–Crippen MR) is 63.8 cm³/mol. The van der Waals surface area contributed by atoms with Crippen LogP contribution >= 0.6 is 0 Å². The number of carbonyl (C=O) groups excluding carboxylic acids is 1. The molecule has 0 aromatic rings. The van der Waals surface area contributed by atoms with Gasteiger partial charge in [0.05, 0.1) is 0 Å². The van der Waals surface area contributed by atoms with E-state index >= 15 is 0 Å². The van der Waals surface area contributed by atoms with Crippen LogP contribution in [0.5, 0.6) is 0 Å². The lowest BCUT2D eigenvalue weighted by Gasteiger charge is -2.28. The van der Waals surface area contributed by atoms with Crippen molar-refractivity contribution in [2.24, 2.45) is 11.8 Å². The molecule has 0 spiro atoms. The molecule has 1 heterocycles. The van der Waals surface area contributed by atoms with Crippen molar-refractivity contribution in [1.82, 2.24) is 5.32 Å². The molecule has 2 nitrogen and oxygen atoms in total. The first-order valence-electron chi connectivity index (χ1n) is 5.96. The summed E-state index contributed by atoms with van der Waals surface area (Å²) in [6, 6.07) is 0. The highest BCUT2D eigenvalue weighted by Gasteiger charge is 2.21. The van der Waals surface area contributed by atoms with Gasteiger partial charge in [-0.05, 0) is 44.7 Å². The first-order valence-corrected chi connectivity index (χ1v) is 5.96. The van der Waals surface area contributed by atoms with Crippen molar-refractivity contribution >= 4 is 5.78 Å². The average molecular weight is 209 g/mol. The molecule has 1 saturated heterocycles. The zero-order valence-corrected chi connectivity index (χ0v) is 10.0. The second kappa shape index (κ2) is 6.06. The van der Waals surface area contributed by atoms with Gasteiger partial charge in [0.2, 0.25) is 0 Å². The third-order valence-electron chi connectivity index (χ3n) is 3.19. The Kier molecular flexibility index (Phi) is 5.03. The van der Waals surface area contributed by atoms with Crippen LogP contribution < -0.4 is 5.32 Å². The molecule has 2 atom stereocenters. The van der Waals surface area contributed by atoms with Gasteiger partial charge in [-0.25, -0.2) is 0 Å². The number of allylic oxidation sites excluding steroid dienone is 1. The Hall–Kier alpha value is -0.630. The number of hydrogen-bond donors (Lipinski definition) is 1. The van der Waals surface area contributed by atoms with Gasteiger partial charge in [-0.1, -0.05) is 19.1 Å². The lowest BCUT2D eigenvalue weighted by atomic mass is 9.84. The van der Waals surface area contributed by atoms with Crippen LogP contribution in [0.1, 0.15) is 39.5 Å². The fraction of sp³-hybridized carbons (Fsp3) is 0.769. The molecule has 15 heavy (non-hydrogen) atoms. The van der Waals surface area contributed by atoms with Gasteiger partial charge in [0.15, 0.2) is 0 Å². The fourth-order valence-electron chi connectivity index (χ4n) is 2.30. The van der Waals surface area contributed by atoms with Gasteiger partial charge >= 0.3 is 0 Å². The molecule has 0 radical (unpaired) electrons. The van der Waals surface area contributed by atoms with Gasteiger partial charge in [0.1, 0.15) is 5.78 Å². The Labute approximate surface area is 93.1 Å². The monoisotopic (exact) mass is 209 g/mol. The zero-order valence-electron chi connectivity index (χ0n) is 10.0. The highest BCUT2D eigenvalue weighted by molar-refractivity contribution is 5.80. The highest BCUT2D eigenvalue weighted by atomic mass is 16.1. The molecule has 2 unspecified atom stereocenters. The molecular weight excluding hydrogens is 186 g/mol. The van der Waals surface area contributed by atoms with Crippen molar-refractivity contribution < 1.29 is 4.79 Å². The minimum atomic E-state index is 0.348. The Morgan fingerprint density at radius 2 is 2.33 bits per heavy atom. The van der Waals surface area contributed by atoms with Crippen molar-refractivity contribution in [1.29, 1.82) is 0 Å². The molecule has 0 aromatic carbocycles. The van der Waals surface area contributed by atoms with E-state index in [-0.39, 0.29) is 0 Å². The van der Waals surface area contributed by atoms with Crippen LogP contribution in [-0.4, -0.2) is 18.9 Å². The summed E-state index contributed by atoms with van der Waals surface area (Å²) >= 11 is 0. The van der Waals surface area contributed by atoms with Gasteiger partial charge in [0, 0.05) is 12.8 Å². The van der Waals surface area contributed by atoms with Crippen molar-refractivity contribution in [3.8, 4) is 0 Å². The maximum Gasteiger partial charge on any atom is 0.137 e. The van der Waals surface area contributed by atoms with E-state index in [9.17, 15) is 4.79 Å². The molecule has 0 aliphatic carbocycles. The molecule has 0 saturated carbocycles. The van der Waals surface area contributed by atoms with Crippen LogP contribution in [0.2, 0.25) is 0 Å². The molecule has 2 heteroatoms. The van der Waals surface area contributed by atoms with Crippen LogP contribution in [0.25, 0.3) is 0 Å². The SMILES string of the molecule is C=C(C)CC(=O)CC(C)C1CCCNC1.